The van der Waals surface area contributed by atoms with Gasteiger partial charge in [0.15, 0.2) is 5.65 Å². The first-order valence-corrected chi connectivity index (χ1v) is 10.5. The quantitative estimate of drug-likeness (QED) is 0.331. The minimum Gasteiger partial charge on any atom is -0.403 e. The number of anilines is 1. The molecular weight excluding hydrogens is 435 g/mol. The topological polar surface area (TPSA) is 121 Å². The third-order valence-electron chi connectivity index (χ3n) is 5.40. The second-order valence-corrected chi connectivity index (χ2v) is 7.57. The predicted octanol–water partition coefficient (Wildman–Crippen LogP) is 4.82. The van der Waals surface area contributed by atoms with Crippen molar-refractivity contribution in [2.75, 3.05) is 5.32 Å². The Morgan fingerprint density at radius 1 is 0.971 bits per heavy atom. The highest BCUT2D eigenvalue weighted by atomic mass is 19.1. The molecule has 0 spiro atoms. The molecule has 0 amide bonds. The lowest BCUT2D eigenvalue weighted by Crippen LogP contribution is -2.02. The molecular formula is C24H17FN8O. The fourth-order valence-electron chi connectivity index (χ4n) is 3.69. The van der Waals surface area contributed by atoms with Crippen LogP contribution >= 0.6 is 0 Å². The Hall–Kier alpha value is -4.86. The normalized spacial score (nSPS) is 11.2. The van der Waals surface area contributed by atoms with Crippen LogP contribution in [0.25, 0.3) is 45.1 Å². The van der Waals surface area contributed by atoms with Gasteiger partial charge >= 0.3 is 6.01 Å². The summed E-state index contributed by atoms with van der Waals surface area (Å²) in [7, 11) is 0. The van der Waals surface area contributed by atoms with E-state index in [0.717, 1.165) is 22.2 Å². The zero-order valence-corrected chi connectivity index (χ0v) is 17.7. The van der Waals surface area contributed by atoms with Crippen molar-refractivity contribution in [1.82, 2.24) is 35.3 Å². The number of H-pyrrole nitrogens is 2. The van der Waals surface area contributed by atoms with Crippen LogP contribution in [0.2, 0.25) is 0 Å². The number of nitrogens with one attached hydrogen (secondary N) is 3. The van der Waals surface area contributed by atoms with Crippen molar-refractivity contribution >= 4 is 17.2 Å². The number of fused-ring (bicyclic) bond motifs is 1. The second kappa shape index (κ2) is 8.24. The van der Waals surface area contributed by atoms with Crippen molar-refractivity contribution in [3.63, 3.8) is 0 Å². The molecule has 4 aromatic heterocycles. The number of hydrogen-bond donors (Lipinski definition) is 3. The minimum atomic E-state index is -0.354. The maximum absolute atomic E-state index is 15.0. The molecule has 166 valence electrons. The number of aromatic nitrogens is 7. The van der Waals surface area contributed by atoms with Gasteiger partial charge in [-0.05, 0) is 29.8 Å². The number of benzene rings is 2. The number of halogens is 1. The van der Waals surface area contributed by atoms with Gasteiger partial charge in [0.1, 0.15) is 11.6 Å². The summed E-state index contributed by atoms with van der Waals surface area (Å²) >= 11 is 0. The maximum atomic E-state index is 15.0. The van der Waals surface area contributed by atoms with Gasteiger partial charge in [0.25, 0.3) is 0 Å². The van der Waals surface area contributed by atoms with Gasteiger partial charge in [-0.1, -0.05) is 35.4 Å². The summed E-state index contributed by atoms with van der Waals surface area (Å²) in [6, 6.07) is 16.6. The maximum Gasteiger partial charge on any atom is 0.316 e. The Kier molecular flexibility index (Phi) is 4.80. The van der Waals surface area contributed by atoms with E-state index in [4.69, 9.17) is 4.42 Å². The highest BCUT2D eigenvalue weighted by Crippen LogP contribution is 2.29. The number of pyridine rings is 1. The van der Waals surface area contributed by atoms with Gasteiger partial charge in [0.2, 0.25) is 5.89 Å². The lowest BCUT2D eigenvalue weighted by Gasteiger charge is -2.07. The van der Waals surface area contributed by atoms with Crippen LogP contribution in [0.3, 0.4) is 0 Å². The van der Waals surface area contributed by atoms with Crippen LogP contribution in [-0.4, -0.2) is 35.3 Å². The molecule has 0 saturated carbocycles. The number of imidazole rings is 1. The fourth-order valence-corrected chi connectivity index (χ4v) is 3.69. The van der Waals surface area contributed by atoms with Gasteiger partial charge in [-0.15, -0.1) is 5.10 Å². The van der Waals surface area contributed by atoms with Crippen molar-refractivity contribution in [2.45, 2.75) is 6.54 Å². The minimum absolute atomic E-state index is 0.197. The van der Waals surface area contributed by atoms with Crippen LogP contribution in [-0.2, 0) is 6.54 Å². The van der Waals surface area contributed by atoms with Crippen molar-refractivity contribution in [3.05, 3.63) is 84.6 Å². The van der Waals surface area contributed by atoms with E-state index in [0.29, 0.717) is 28.5 Å². The van der Waals surface area contributed by atoms with E-state index in [2.05, 4.69) is 40.7 Å². The van der Waals surface area contributed by atoms with Gasteiger partial charge in [-0.25, -0.2) is 14.4 Å². The molecule has 2 aromatic carbocycles. The van der Waals surface area contributed by atoms with Gasteiger partial charge in [-0.3, -0.25) is 5.10 Å². The van der Waals surface area contributed by atoms with E-state index in [9.17, 15) is 4.39 Å². The standard InChI is InChI=1S/C24H17FN8O/c25-19-10-15(18-8-9-26-22-20(18)30-21(31-22)17-12-28-29-13-17)6-7-16(19)11-27-24-33-32-23(34-24)14-4-2-1-3-5-14/h1-10,12-13H,11H2,(H,27,33)(H,28,29)(H,26,30,31). The van der Waals surface area contributed by atoms with Gasteiger partial charge in [0.05, 0.1) is 17.3 Å². The van der Waals surface area contributed by atoms with Crippen LogP contribution in [0.5, 0.6) is 0 Å². The van der Waals surface area contributed by atoms with Crippen LogP contribution in [0.1, 0.15) is 5.56 Å². The van der Waals surface area contributed by atoms with Crippen LogP contribution < -0.4 is 5.32 Å². The molecule has 4 heterocycles. The van der Waals surface area contributed by atoms with Gasteiger partial charge < -0.3 is 14.7 Å². The molecule has 0 unspecified atom stereocenters. The summed E-state index contributed by atoms with van der Waals surface area (Å²) < 4.78 is 20.6. The highest BCUT2D eigenvalue weighted by molar-refractivity contribution is 5.91. The molecule has 0 aliphatic rings. The fraction of sp³-hybridized carbons (Fsp3) is 0.0417. The van der Waals surface area contributed by atoms with E-state index in [-0.39, 0.29) is 18.4 Å². The Bertz CT molecular complexity index is 1570. The number of rotatable bonds is 6. The van der Waals surface area contributed by atoms with Gasteiger partial charge in [0, 0.05) is 35.6 Å². The Morgan fingerprint density at radius 3 is 2.71 bits per heavy atom. The average Bonchev–Trinajstić information content (AvgIpc) is 3.64. The molecule has 10 heteroatoms. The number of aromatic amines is 2. The van der Waals surface area contributed by atoms with E-state index in [1.807, 2.05) is 42.5 Å². The molecule has 0 fully saturated rings. The van der Waals surface area contributed by atoms with Crippen molar-refractivity contribution in [1.29, 1.82) is 0 Å². The van der Waals surface area contributed by atoms with E-state index >= 15 is 0 Å². The average molecular weight is 452 g/mol. The van der Waals surface area contributed by atoms with Crippen molar-refractivity contribution in [2.24, 2.45) is 0 Å². The third-order valence-corrected chi connectivity index (χ3v) is 5.40. The first-order chi connectivity index (χ1) is 16.7. The van der Waals surface area contributed by atoms with Crippen LogP contribution in [0.4, 0.5) is 10.4 Å². The molecule has 6 aromatic rings. The first-order valence-electron chi connectivity index (χ1n) is 10.5. The van der Waals surface area contributed by atoms with Crippen LogP contribution in [0, 0.1) is 5.82 Å². The summed E-state index contributed by atoms with van der Waals surface area (Å²) in [5.41, 5.74) is 4.88. The lowest BCUT2D eigenvalue weighted by molar-refractivity contribution is 0.576. The van der Waals surface area contributed by atoms with Crippen molar-refractivity contribution in [3.8, 4) is 34.0 Å². The summed E-state index contributed by atoms with van der Waals surface area (Å²) in [5.74, 6) is 0.682. The number of hydrogen-bond acceptors (Lipinski definition) is 7. The molecule has 0 aliphatic carbocycles. The van der Waals surface area contributed by atoms with Crippen molar-refractivity contribution < 1.29 is 8.81 Å². The SMILES string of the molecule is Fc1cc(-c2ccnc3nc(-c4cn[nH]c4)[nH]c23)ccc1CNc1nnc(-c2ccccc2)o1. The van der Waals surface area contributed by atoms with E-state index in [1.165, 1.54) is 6.07 Å². The molecule has 0 bridgehead atoms. The molecule has 6 rings (SSSR count). The summed E-state index contributed by atoms with van der Waals surface area (Å²) in [4.78, 5) is 12.1. The lowest BCUT2D eigenvalue weighted by atomic mass is 10.0. The monoisotopic (exact) mass is 452 g/mol. The smallest absolute Gasteiger partial charge is 0.316 e. The van der Waals surface area contributed by atoms with E-state index < -0.39 is 0 Å². The zero-order valence-electron chi connectivity index (χ0n) is 17.7. The Balaban J connectivity index is 1.23. The Labute approximate surface area is 192 Å². The van der Waals surface area contributed by atoms with E-state index in [1.54, 1.807) is 24.7 Å². The summed E-state index contributed by atoms with van der Waals surface area (Å²) in [6.45, 7) is 0.197. The van der Waals surface area contributed by atoms with Gasteiger partial charge in [-0.2, -0.15) is 5.10 Å². The molecule has 0 atom stereocenters. The number of nitrogens with zero attached hydrogens (tertiary/aromatic N) is 5. The summed E-state index contributed by atoms with van der Waals surface area (Å²) in [5, 5.41) is 17.7. The second-order valence-electron chi connectivity index (χ2n) is 7.57. The molecule has 0 radical (unpaired) electrons. The molecule has 3 N–H and O–H groups in total. The molecule has 34 heavy (non-hydrogen) atoms. The largest absolute Gasteiger partial charge is 0.403 e. The molecule has 0 saturated heterocycles. The predicted molar refractivity (Wildman–Crippen MR) is 124 cm³/mol. The Morgan fingerprint density at radius 2 is 1.88 bits per heavy atom. The van der Waals surface area contributed by atoms with Crippen LogP contribution in [0.15, 0.2) is 77.6 Å². The summed E-state index contributed by atoms with van der Waals surface area (Å²) in [6.07, 6.45) is 5.07. The zero-order chi connectivity index (χ0) is 22.9. The molecule has 9 nitrogen and oxygen atoms in total. The molecule has 0 aliphatic heterocycles. The third kappa shape index (κ3) is 3.66. The first kappa shape index (κ1) is 19.8. The highest BCUT2D eigenvalue weighted by Gasteiger charge is 2.14.